The van der Waals surface area contributed by atoms with E-state index in [0.29, 0.717) is 18.2 Å². The van der Waals surface area contributed by atoms with E-state index in [2.05, 4.69) is 6.92 Å². The molecule has 1 aromatic carbocycles. The van der Waals surface area contributed by atoms with Crippen molar-refractivity contribution in [2.24, 2.45) is 11.7 Å². The second-order valence-corrected chi connectivity index (χ2v) is 4.00. The molecule has 0 spiro atoms. The van der Waals surface area contributed by atoms with Gasteiger partial charge in [-0.25, -0.2) is 4.39 Å². The third kappa shape index (κ3) is 3.51. The quantitative estimate of drug-likeness (QED) is 0.807. The van der Waals surface area contributed by atoms with E-state index in [9.17, 15) is 4.39 Å². The second-order valence-electron chi connectivity index (χ2n) is 4.00. The Kier molecular flexibility index (Phi) is 4.56. The molecule has 15 heavy (non-hydrogen) atoms. The van der Waals surface area contributed by atoms with E-state index < -0.39 is 0 Å². The molecule has 0 bridgehead atoms. The van der Waals surface area contributed by atoms with Crippen LogP contribution in [0.4, 0.5) is 10.1 Å². The molecule has 1 atom stereocenters. The molecule has 2 N–H and O–H groups in total. The van der Waals surface area contributed by atoms with Gasteiger partial charge >= 0.3 is 0 Å². The Morgan fingerprint density at radius 2 is 2.07 bits per heavy atom. The molecule has 0 aliphatic carbocycles. The van der Waals surface area contributed by atoms with Crippen LogP contribution in [0, 0.1) is 11.7 Å². The molecule has 1 unspecified atom stereocenters. The van der Waals surface area contributed by atoms with E-state index in [-0.39, 0.29) is 5.82 Å². The summed E-state index contributed by atoms with van der Waals surface area (Å²) < 4.78 is 13.4. The Labute approximate surface area is 90.9 Å². The molecule has 0 saturated heterocycles. The van der Waals surface area contributed by atoms with Gasteiger partial charge in [0, 0.05) is 13.6 Å². The number of hydrogen-bond donors (Lipinski definition) is 1. The van der Waals surface area contributed by atoms with Crippen LogP contribution in [0.1, 0.15) is 13.3 Å². The van der Waals surface area contributed by atoms with Gasteiger partial charge in [0.2, 0.25) is 0 Å². The van der Waals surface area contributed by atoms with Crippen LogP contribution in [-0.4, -0.2) is 20.1 Å². The second kappa shape index (κ2) is 5.71. The first-order valence-corrected chi connectivity index (χ1v) is 5.31. The van der Waals surface area contributed by atoms with Crippen molar-refractivity contribution in [2.45, 2.75) is 13.3 Å². The molecule has 2 nitrogen and oxygen atoms in total. The van der Waals surface area contributed by atoms with Gasteiger partial charge < -0.3 is 10.6 Å². The topological polar surface area (TPSA) is 29.3 Å². The summed E-state index contributed by atoms with van der Waals surface area (Å²) in [6.45, 7) is 3.62. The van der Waals surface area contributed by atoms with Crippen molar-refractivity contribution in [3.63, 3.8) is 0 Å². The fraction of sp³-hybridized carbons (Fsp3) is 0.500. The summed E-state index contributed by atoms with van der Waals surface area (Å²) in [5.74, 6) is 0.319. The number of nitrogens with two attached hydrogens (primary N) is 1. The van der Waals surface area contributed by atoms with E-state index in [0.717, 1.165) is 13.0 Å². The number of benzene rings is 1. The maximum Gasteiger partial charge on any atom is 0.146 e. The van der Waals surface area contributed by atoms with Crippen molar-refractivity contribution in [1.82, 2.24) is 0 Å². The maximum absolute atomic E-state index is 13.4. The first-order valence-electron chi connectivity index (χ1n) is 5.31. The van der Waals surface area contributed by atoms with Crippen LogP contribution in [0.3, 0.4) is 0 Å². The van der Waals surface area contributed by atoms with Crippen molar-refractivity contribution < 1.29 is 4.39 Å². The standard InChI is InChI=1S/C12H19FN2/c1-10(9-14)7-8-15(2)12-6-4-3-5-11(12)13/h3-6,10H,7-9,14H2,1-2H3. The van der Waals surface area contributed by atoms with Crippen LogP contribution in [0.25, 0.3) is 0 Å². The zero-order chi connectivity index (χ0) is 11.3. The SMILES string of the molecule is CC(CN)CCN(C)c1ccccc1F. The number of rotatable bonds is 5. The first kappa shape index (κ1) is 12.0. The highest BCUT2D eigenvalue weighted by molar-refractivity contribution is 5.46. The molecule has 84 valence electrons. The third-order valence-corrected chi connectivity index (χ3v) is 2.62. The molecule has 1 aromatic rings. The van der Waals surface area contributed by atoms with Crippen LogP contribution in [0.15, 0.2) is 24.3 Å². The van der Waals surface area contributed by atoms with Crippen LogP contribution in [-0.2, 0) is 0 Å². The van der Waals surface area contributed by atoms with Gasteiger partial charge in [0.05, 0.1) is 5.69 Å². The molecule has 0 fully saturated rings. The molecule has 0 saturated carbocycles. The van der Waals surface area contributed by atoms with Gasteiger partial charge in [-0.3, -0.25) is 0 Å². The summed E-state index contributed by atoms with van der Waals surface area (Å²) in [6, 6.07) is 6.83. The van der Waals surface area contributed by atoms with Gasteiger partial charge in [0.25, 0.3) is 0 Å². The average Bonchev–Trinajstić information content (AvgIpc) is 2.26. The van der Waals surface area contributed by atoms with Gasteiger partial charge in [-0.2, -0.15) is 0 Å². The average molecular weight is 210 g/mol. The number of halogens is 1. The van der Waals surface area contributed by atoms with Crippen LogP contribution in [0.2, 0.25) is 0 Å². The predicted molar refractivity (Wildman–Crippen MR) is 62.5 cm³/mol. The van der Waals surface area contributed by atoms with Gasteiger partial charge in [-0.15, -0.1) is 0 Å². The highest BCUT2D eigenvalue weighted by atomic mass is 19.1. The summed E-state index contributed by atoms with van der Waals surface area (Å²) in [5.41, 5.74) is 6.19. The monoisotopic (exact) mass is 210 g/mol. The van der Waals surface area contributed by atoms with Crippen molar-refractivity contribution in [3.05, 3.63) is 30.1 Å². The summed E-state index contributed by atoms with van der Waals surface area (Å²) in [6.07, 6.45) is 0.987. The molecule has 0 aromatic heterocycles. The van der Waals surface area contributed by atoms with E-state index >= 15 is 0 Å². The third-order valence-electron chi connectivity index (χ3n) is 2.62. The fourth-order valence-electron chi connectivity index (χ4n) is 1.41. The summed E-state index contributed by atoms with van der Waals surface area (Å²) in [7, 11) is 1.90. The lowest BCUT2D eigenvalue weighted by Crippen LogP contribution is -2.23. The summed E-state index contributed by atoms with van der Waals surface area (Å²) >= 11 is 0. The van der Waals surface area contributed by atoms with Crippen molar-refractivity contribution in [1.29, 1.82) is 0 Å². The molecular formula is C12H19FN2. The highest BCUT2D eigenvalue weighted by Crippen LogP contribution is 2.17. The highest BCUT2D eigenvalue weighted by Gasteiger charge is 2.07. The minimum atomic E-state index is -0.166. The minimum Gasteiger partial charge on any atom is -0.372 e. The lowest BCUT2D eigenvalue weighted by Gasteiger charge is -2.21. The molecule has 0 aliphatic heterocycles. The van der Waals surface area contributed by atoms with Crippen LogP contribution >= 0.6 is 0 Å². The molecule has 0 aliphatic rings. The Morgan fingerprint density at radius 3 is 2.67 bits per heavy atom. The Bertz CT molecular complexity index is 301. The molecular weight excluding hydrogens is 191 g/mol. The number of hydrogen-bond acceptors (Lipinski definition) is 2. The molecule has 0 radical (unpaired) electrons. The van der Waals surface area contributed by atoms with Crippen LogP contribution < -0.4 is 10.6 Å². The number of nitrogens with zero attached hydrogens (tertiary/aromatic N) is 1. The van der Waals surface area contributed by atoms with E-state index in [1.54, 1.807) is 12.1 Å². The van der Waals surface area contributed by atoms with Gasteiger partial charge in [-0.1, -0.05) is 19.1 Å². The zero-order valence-corrected chi connectivity index (χ0v) is 9.41. The fourth-order valence-corrected chi connectivity index (χ4v) is 1.41. The lowest BCUT2D eigenvalue weighted by atomic mass is 10.1. The Hall–Kier alpha value is -1.09. The lowest BCUT2D eigenvalue weighted by molar-refractivity contribution is 0.540. The first-order chi connectivity index (χ1) is 7.15. The Balaban J connectivity index is 2.54. The minimum absolute atomic E-state index is 0.166. The predicted octanol–water partition coefficient (Wildman–Crippen LogP) is 2.25. The molecule has 3 heteroatoms. The summed E-state index contributed by atoms with van der Waals surface area (Å²) in [5, 5.41) is 0. The molecule has 1 rings (SSSR count). The number of para-hydroxylation sites is 1. The normalized spacial score (nSPS) is 12.5. The van der Waals surface area contributed by atoms with E-state index in [1.807, 2.05) is 18.0 Å². The molecule has 0 amide bonds. The van der Waals surface area contributed by atoms with Crippen molar-refractivity contribution in [3.8, 4) is 0 Å². The van der Waals surface area contributed by atoms with E-state index in [4.69, 9.17) is 5.73 Å². The smallest absolute Gasteiger partial charge is 0.146 e. The van der Waals surface area contributed by atoms with Gasteiger partial charge in [-0.05, 0) is 31.0 Å². The maximum atomic E-state index is 13.4. The van der Waals surface area contributed by atoms with Gasteiger partial charge in [0.15, 0.2) is 0 Å². The van der Waals surface area contributed by atoms with Crippen molar-refractivity contribution >= 4 is 5.69 Å². The summed E-state index contributed by atoms with van der Waals surface area (Å²) in [4.78, 5) is 1.93. The largest absolute Gasteiger partial charge is 0.372 e. The van der Waals surface area contributed by atoms with Crippen molar-refractivity contribution in [2.75, 3.05) is 25.0 Å². The molecule has 0 heterocycles. The van der Waals surface area contributed by atoms with Crippen LogP contribution in [0.5, 0.6) is 0 Å². The zero-order valence-electron chi connectivity index (χ0n) is 9.41. The Morgan fingerprint density at radius 1 is 1.40 bits per heavy atom. The van der Waals surface area contributed by atoms with E-state index in [1.165, 1.54) is 6.07 Å². The van der Waals surface area contributed by atoms with Gasteiger partial charge in [0.1, 0.15) is 5.82 Å². The number of anilines is 1.